The molecule has 1 unspecified atom stereocenters. The van der Waals surface area contributed by atoms with Crippen molar-refractivity contribution in [2.75, 3.05) is 5.32 Å². The highest BCUT2D eigenvalue weighted by atomic mass is 79.9. The molecule has 0 aromatic heterocycles. The molecule has 2 nitrogen and oxygen atoms in total. The Morgan fingerprint density at radius 2 is 1.84 bits per heavy atom. The summed E-state index contributed by atoms with van der Waals surface area (Å²) in [5.74, 6) is -0.338. The van der Waals surface area contributed by atoms with E-state index in [-0.39, 0.29) is 22.0 Å². The molecule has 0 aliphatic carbocycles. The van der Waals surface area contributed by atoms with Gasteiger partial charge in [0, 0.05) is 10.2 Å². The predicted octanol–water partition coefficient (Wildman–Crippen LogP) is 4.83. The molecule has 106 valence electrons. The largest absolute Gasteiger partial charge is 0.416 e. The van der Waals surface area contributed by atoms with E-state index in [0.29, 0.717) is 0 Å². The number of amides is 1. The lowest BCUT2D eigenvalue weighted by Gasteiger charge is -2.15. The van der Waals surface area contributed by atoms with E-state index in [4.69, 9.17) is 0 Å². The first-order valence-corrected chi connectivity index (χ1v) is 7.15. The predicted molar refractivity (Wildman–Crippen MR) is 75.3 cm³/mol. The van der Waals surface area contributed by atoms with E-state index in [1.807, 2.05) is 13.8 Å². The average Bonchev–Trinajstić information content (AvgIpc) is 2.25. The van der Waals surface area contributed by atoms with Crippen molar-refractivity contribution in [1.29, 1.82) is 0 Å². The standard InChI is InChI=1S/C12H12Br2F3NO/c1-6(2)10(14)11(19)18-9-4-7(12(15,16)17)3-8(13)5-9/h3-6,10H,1-2H3,(H,18,19). The number of benzene rings is 1. The van der Waals surface area contributed by atoms with Gasteiger partial charge < -0.3 is 5.32 Å². The molecule has 1 aromatic carbocycles. The van der Waals surface area contributed by atoms with E-state index in [9.17, 15) is 18.0 Å². The number of halogens is 5. The summed E-state index contributed by atoms with van der Waals surface area (Å²) in [5, 5.41) is 2.46. The van der Waals surface area contributed by atoms with Crippen LogP contribution in [0, 0.1) is 5.92 Å². The highest BCUT2D eigenvalue weighted by molar-refractivity contribution is 9.10. The van der Waals surface area contributed by atoms with Crippen LogP contribution >= 0.6 is 31.9 Å². The van der Waals surface area contributed by atoms with E-state index >= 15 is 0 Å². The van der Waals surface area contributed by atoms with Gasteiger partial charge in [0.2, 0.25) is 5.91 Å². The summed E-state index contributed by atoms with van der Waals surface area (Å²) in [5.41, 5.74) is -0.704. The lowest BCUT2D eigenvalue weighted by atomic mass is 10.1. The minimum absolute atomic E-state index is 0.0363. The summed E-state index contributed by atoms with van der Waals surface area (Å²) < 4.78 is 38.1. The summed E-state index contributed by atoms with van der Waals surface area (Å²) in [6.07, 6.45) is -4.45. The number of rotatable bonds is 3. The quantitative estimate of drug-likeness (QED) is 0.721. The maximum Gasteiger partial charge on any atom is 0.416 e. The van der Waals surface area contributed by atoms with Crippen LogP contribution in [0.1, 0.15) is 19.4 Å². The molecule has 1 atom stereocenters. The first kappa shape index (κ1) is 16.5. The molecule has 0 radical (unpaired) electrons. The Morgan fingerprint density at radius 3 is 2.32 bits per heavy atom. The van der Waals surface area contributed by atoms with Crippen molar-refractivity contribution in [2.24, 2.45) is 5.92 Å². The van der Waals surface area contributed by atoms with Gasteiger partial charge in [-0.05, 0) is 24.1 Å². The van der Waals surface area contributed by atoms with Crippen LogP contribution in [-0.2, 0) is 11.0 Å². The van der Waals surface area contributed by atoms with Gasteiger partial charge in [-0.25, -0.2) is 0 Å². The minimum atomic E-state index is -4.45. The SMILES string of the molecule is CC(C)C(Br)C(=O)Nc1cc(Br)cc(C(F)(F)F)c1. The third kappa shape index (κ3) is 4.80. The van der Waals surface area contributed by atoms with Gasteiger partial charge in [0.25, 0.3) is 0 Å². The van der Waals surface area contributed by atoms with Crippen molar-refractivity contribution in [3.05, 3.63) is 28.2 Å². The summed E-state index contributed by atoms with van der Waals surface area (Å²) in [6, 6.07) is 3.29. The van der Waals surface area contributed by atoms with E-state index in [1.165, 1.54) is 6.07 Å². The topological polar surface area (TPSA) is 29.1 Å². The molecular formula is C12H12Br2F3NO. The van der Waals surface area contributed by atoms with Crippen LogP contribution < -0.4 is 5.32 Å². The van der Waals surface area contributed by atoms with Gasteiger partial charge in [-0.15, -0.1) is 0 Å². The Hall–Kier alpha value is -0.560. The summed E-state index contributed by atoms with van der Waals surface area (Å²) in [7, 11) is 0. The second kappa shape index (κ2) is 6.26. The third-order valence-electron chi connectivity index (χ3n) is 2.33. The smallest absolute Gasteiger partial charge is 0.325 e. The normalized spacial score (nSPS) is 13.5. The van der Waals surface area contributed by atoms with Gasteiger partial charge >= 0.3 is 6.18 Å². The van der Waals surface area contributed by atoms with Gasteiger partial charge in [0.15, 0.2) is 0 Å². The monoisotopic (exact) mass is 401 g/mol. The number of carbonyl (C=O) groups excluding carboxylic acids is 1. The Balaban J connectivity index is 2.97. The second-order valence-electron chi connectivity index (χ2n) is 4.36. The van der Waals surface area contributed by atoms with Crippen LogP contribution in [0.4, 0.5) is 18.9 Å². The number of anilines is 1. The first-order chi connectivity index (χ1) is 8.61. The Bertz CT molecular complexity index is 475. The van der Waals surface area contributed by atoms with Crippen LogP contribution in [0.5, 0.6) is 0 Å². The Morgan fingerprint density at radius 1 is 1.26 bits per heavy atom. The summed E-state index contributed by atoms with van der Waals surface area (Å²) in [4.78, 5) is 11.3. The molecule has 1 N–H and O–H groups in total. The molecule has 0 fully saturated rings. The average molecular weight is 403 g/mol. The minimum Gasteiger partial charge on any atom is -0.325 e. The Labute approximate surface area is 126 Å². The van der Waals surface area contributed by atoms with Crippen molar-refractivity contribution in [2.45, 2.75) is 24.9 Å². The molecule has 1 rings (SSSR count). The molecule has 1 amide bonds. The van der Waals surface area contributed by atoms with Crippen molar-refractivity contribution in [3.63, 3.8) is 0 Å². The molecule has 19 heavy (non-hydrogen) atoms. The van der Waals surface area contributed by atoms with Crippen molar-refractivity contribution in [3.8, 4) is 0 Å². The first-order valence-electron chi connectivity index (χ1n) is 5.44. The zero-order chi connectivity index (χ0) is 14.8. The van der Waals surface area contributed by atoms with Crippen molar-refractivity contribution in [1.82, 2.24) is 0 Å². The molecule has 0 spiro atoms. The maximum atomic E-state index is 12.6. The Kier molecular flexibility index (Phi) is 5.43. The fraction of sp³-hybridized carbons (Fsp3) is 0.417. The molecule has 7 heteroatoms. The zero-order valence-corrected chi connectivity index (χ0v) is 13.4. The fourth-order valence-electron chi connectivity index (χ4n) is 1.34. The highest BCUT2D eigenvalue weighted by Gasteiger charge is 2.31. The fourth-order valence-corrected chi connectivity index (χ4v) is 1.95. The third-order valence-corrected chi connectivity index (χ3v) is 4.26. The van der Waals surface area contributed by atoms with E-state index in [1.54, 1.807) is 0 Å². The van der Waals surface area contributed by atoms with Gasteiger partial charge in [-0.3, -0.25) is 4.79 Å². The van der Waals surface area contributed by atoms with Crippen molar-refractivity contribution >= 4 is 43.5 Å². The maximum absolute atomic E-state index is 12.6. The van der Waals surface area contributed by atoms with Gasteiger partial charge in [-0.1, -0.05) is 45.7 Å². The van der Waals surface area contributed by atoms with Crippen LogP contribution in [0.2, 0.25) is 0 Å². The molecule has 0 saturated heterocycles. The van der Waals surface area contributed by atoms with E-state index in [0.717, 1.165) is 12.1 Å². The lowest BCUT2D eigenvalue weighted by molar-refractivity contribution is -0.137. The number of nitrogens with one attached hydrogen (secondary N) is 1. The lowest BCUT2D eigenvalue weighted by Crippen LogP contribution is -2.27. The van der Waals surface area contributed by atoms with Crippen LogP contribution in [0.25, 0.3) is 0 Å². The molecule has 0 aliphatic heterocycles. The molecule has 0 heterocycles. The van der Waals surface area contributed by atoms with Gasteiger partial charge in [0.05, 0.1) is 10.4 Å². The second-order valence-corrected chi connectivity index (χ2v) is 6.26. The van der Waals surface area contributed by atoms with Crippen LogP contribution in [-0.4, -0.2) is 10.7 Å². The molecule has 0 saturated carbocycles. The number of carbonyl (C=O) groups is 1. The molecule has 1 aromatic rings. The number of alkyl halides is 4. The van der Waals surface area contributed by atoms with Crippen LogP contribution in [0.3, 0.4) is 0 Å². The summed E-state index contributed by atoms with van der Waals surface area (Å²) in [6.45, 7) is 3.67. The van der Waals surface area contributed by atoms with Crippen molar-refractivity contribution < 1.29 is 18.0 Å². The highest BCUT2D eigenvalue weighted by Crippen LogP contribution is 2.33. The zero-order valence-electron chi connectivity index (χ0n) is 10.2. The summed E-state index contributed by atoms with van der Waals surface area (Å²) >= 11 is 6.19. The number of hydrogen-bond acceptors (Lipinski definition) is 1. The van der Waals surface area contributed by atoms with E-state index < -0.39 is 16.6 Å². The van der Waals surface area contributed by atoms with Gasteiger partial charge in [0.1, 0.15) is 0 Å². The van der Waals surface area contributed by atoms with Crippen LogP contribution in [0.15, 0.2) is 22.7 Å². The van der Waals surface area contributed by atoms with Gasteiger partial charge in [-0.2, -0.15) is 13.2 Å². The molecular weight excluding hydrogens is 391 g/mol. The molecule has 0 aliphatic rings. The van der Waals surface area contributed by atoms with E-state index in [2.05, 4.69) is 37.2 Å². The molecule has 0 bridgehead atoms. The number of hydrogen-bond donors (Lipinski definition) is 1.